The Morgan fingerprint density at radius 1 is 1.03 bits per heavy atom. The number of carbonyl (C=O) groups excluding carboxylic acids is 1. The summed E-state index contributed by atoms with van der Waals surface area (Å²) in [6, 6.07) is 18.6. The Bertz CT molecular complexity index is 1060. The summed E-state index contributed by atoms with van der Waals surface area (Å²) in [6.45, 7) is 4.25. The number of benzene rings is 3. The minimum atomic E-state index is -0.0376. The van der Waals surface area contributed by atoms with Gasteiger partial charge in [-0.25, -0.2) is 0 Å². The molecule has 156 valence electrons. The number of fused-ring (bicyclic) bond motifs is 2. The summed E-state index contributed by atoms with van der Waals surface area (Å²) in [5.41, 5.74) is 3.65. The summed E-state index contributed by atoms with van der Waals surface area (Å²) < 4.78 is 10.9. The van der Waals surface area contributed by atoms with Gasteiger partial charge in [0.15, 0.2) is 18.0 Å². The van der Waals surface area contributed by atoms with E-state index >= 15 is 0 Å². The number of quaternary nitrogens is 1. The standard InChI is InChI=1S/C25H28N2O3/c1-17(21-10-6-8-18-7-4-5-9-22(18)21)26-25(28)16-27-12-11-19-13-23(29-2)24(30-3)14-20(19)15-27/h4-10,13-14,17H,11-12,15-16H2,1-3H3,(H,26,28)/p+1/t17-/m0/s1. The molecule has 5 nitrogen and oxygen atoms in total. The molecule has 0 spiro atoms. The molecule has 0 bridgehead atoms. The van der Waals surface area contributed by atoms with Gasteiger partial charge in [0.05, 0.1) is 26.8 Å². The minimum absolute atomic E-state index is 0.0376. The second-order valence-corrected chi connectivity index (χ2v) is 7.94. The third-order valence-corrected chi connectivity index (χ3v) is 5.97. The molecule has 0 fully saturated rings. The highest BCUT2D eigenvalue weighted by Crippen LogP contribution is 2.31. The van der Waals surface area contributed by atoms with Gasteiger partial charge in [0.2, 0.25) is 0 Å². The molecule has 0 saturated carbocycles. The fourth-order valence-electron chi connectivity index (χ4n) is 4.41. The first-order chi connectivity index (χ1) is 14.6. The van der Waals surface area contributed by atoms with Gasteiger partial charge in [-0.1, -0.05) is 42.5 Å². The van der Waals surface area contributed by atoms with Gasteiger partial charge in [-0.05, 0) is 41.0 Å². The molecule has 2 atom stereocenters. The molecule has 1 aliphatic rings. The maximum Gasteiger partial charge on any atom is 0.275 e. The lowest BCUT2D eigenvalue weighted by atomic mass is 9.98. The van der Waals surface area contributed by atoms with Gasteiger partial charge in [-0.3, -0.25) is 4.79 Å². The molecule has 4 rings (SSSR count). The van der Waals surface area contributed by atoms with Crippen molar-refractivity contribution >= 4 is 16.7 Å². The second-order valence-electron chi connectivity index (χ2n) is 7.94. The van der Waals surface area contributed by atoms with Crippen LogP contribution in [0.25, 0.3) is 10.8 Å². The van der Waals surface area contributed by atoms with Crippen molar-refractivity contribution in [3.63, 3.8) is 0 Å². The molecule has 0 saturated heterocycles. The van der Waals surface area contributed by atoms with Crippen LogP contribution >= 0.6 is 0 Å². The van der Waals surface area contributed by atoms with Crippen molar-refractivity contribution in [1.82, 2.24) is 5.32 Å². The van der Waals surface area contributed by atoms with Crippen LogP contribution in [-0.4, -0.2) is 33.2 Å². The molecule has 5 heteroatoms. The van der Waals surface area contributed by atoms with Gasteiger partial charge in [-0.15, -0.1) is 0 Å². The third-order valence-electron chi connectivity index (χ3n) is 5.97. The second kappa shape index (κ2) is 8.76. The number of hydrogen-bond acceptors (Lipinski definition) is 3. The molecule has 0 radical (unpaired) electrons. The Kier molecular flexibility index (Phi) is 5.91. The quantitative estimate of drug-likeness (QED) is 0.663. The summed E-state index contributed by atoms with van der Waals surface area (Å²) in [7, 11) is 3.31. The number of hydrogen-bond donors (Lipinski definition) is 2. The maximum atomic E-state index is 12.8. The van der Waals surface area contributed by atoms with E-state index < -0.39 is 0 Å². The molecule has 1 aliphatic heterocycles. The van der Waals surface area contributed by atoms with Crippen LogP contribution in [0.3, 0.4) is 0 Å². The Hall–Kier alpha value is -3.05. The summed E-state index contributed by atoms with van der Waals surface area (Å²) in [5, 5.41) is 5.58. The van der Waals surface area contributed by atoms with E-state index in [4.69, 9.17) is 9.47 Å². The van der Waals surface area contributed by atoms with Crippen molar-refractivity contribution in [3.8, 4) is 11.5 Å². The zero-order chi connectivity index (χ0) is 21.1. The topological polar surface area (TPSA) is 52.0 Å². The Balaban J connectivity index is 1.42. The summed E-state index contributed by atoms with van der Waals surface area (Å²) in [6.07, 6.45) is 0.928. The van der Waals surface area contributed by atoms with E-state index in [2.05, 4.69) is 48.6 Å². The lowest BCUT2D eigenvalue weighted by Crippen LogP contribution is -3.12. The monoisotopic (exact) mass is 405 g/mol. The maximum absolute atomic E-state index is 12.8. The van der Waals surface area contributed by atoms with Gasteiger partial charge >= 0.3 is 0 Å². The first-order valence-electron chi connectivity index (χ1n) is 10.4. The molecule has 1 amide bonds. The molecule has 1 heterocycles. The summed E-state index contributed by atoms with van der Waals surface area (Å²) >= 11 is 0. The molecular formula is C25H29N2O3+. The van der Waals surface area contributed by atoms with Gasteiger partial charge in [0.25, 0.3) is 5.91 Å². The molecular weight excluding hydrogens is 376 g/mol. The van der Waals surface area contributed by atoms with E-state index in [1.165, 1.54) is 26.8 Å². The average Bonchev–Trinajstić information content (AvgIpc) is 2.77. The van der Waals surface area contributed by atoms with Crippen molar-refractivity contribution in [2.75, 3.05) is 27.3 Å². The fraction of sp³-hybridized carbons (Fsp3) is 0.320. The Morgan fingerprint density at radius 3 is 2.50 bits per heavy atom. The van der Waals surface area contributed by atoms with Gasteiger partial charge < -0.3 is 19.7 Å². The van der Waals surface area contributed by atoms with Gasteiger partial charge in [-0.2, -0.15) is 0 Å². The first kappa shape index (κ1) is 20.2. The van der Waals surface area contributed by atoms with E-state index in [0.717, 1.165) is 36.6 Å². The number of methoxy groups -OCH3 is 2. The normalized spacial score (nSPS) is 16.6. The number of ether oxygens (including phenoxy) is 2. The summed E-state index contributed by atoms with van der Waals surface area (Å²) in [4.78, 5) is 14.1. The zero-order valence-electron chi connectivity index (χ0n) is 17.8. The minimum Gasteiger partial charge on any atom is -0.493 e. The number of carbonyl (C=O) groups is 1. The molecule has 0 aliphatic carbocycles. The van der Waals surface area contributed by atoms with Crippen molar-refractivity contribution in [1.29, 1.82) is 0 Å². The van der Waals surface area contributed by atoms with Crippen LogP contribution in [0.4, 0.5) is 0 Å². The SMILES string of the molecule is COc1cc2c(cc1OC)C[NH+](CC(=O)N[C@@H](C)c1cccc3ccccc13)CC2. The highest BCUT2D eigenvalue weighted by atomic mass is 16.5. The highest BCUT2D eigenvalue weighted by molar-refractivity contribution is 5.87. The van der Waals surface area contributed by atoms with Gasteiger partial charge in [0.1, 0.15) is 6.54 Å². The zero-order valence-corrected chi connectivity index (χ0v) is 17.8. The van der Waals surface area contributed by atoms with E-state index in [-0.39, 0.29) is 11.9 Å². The predicted molar refractivity (Wildman–Crippen MR) is 118 cm³/mol. The van der Waals surface area contributed by atoms with Crippen LogP contribution in [0.1, 0.15) is 29.7 Å². The average molecular weight is 406 g/mol. The molecule has 1 unspecified atom stereocenters. The van der Waals surface area contributed by atoms with Crippen molar-refractivity contribution < 1.29 is 19.2 Å². The highest BCUT2D eigenvalue weighted by Gasteiger charge is 2.24. The first-order valence-corrected chi connectivity index (χ1v) is 10.4. The Labute approximate surface area is 177 Å². The van der Waals surface area contributed by atoms with Crippen molar-refractivity contribution in [3.05, 3.63) is 71.3 Å². The molecule has 0 aromatic heterocycles. The van der Waals surface area contributed by atoms with Crippen LogP contribution in [0.15, 0.2) is 54.6 Å². The van der Waals surface area contributed by atoms with E-state index in [9.17, 15) is 4.79 Å². The molecule has 2 N–H and O–H groups in total. The van der Waals surface area contributed by atoms with Crippen LogP contribution in [-0.2, 0) is 17.8 Å². The van der Waals surface area contributed by atoms with Crippen LogP contribution in [0, 0.1) is 0 Å². The van der Waals surface area contributed by atoms with E-state index in [1.807, 2.05) is 18.2 Å². The number of rotatable bonds is 6. The van der Waals surface area contributed by atoms with Crippen LogP contribution in [0.2, 0.25) is 0 Å². The summed E-state index contributed by atoms with van der Waals surface area (Å²) in [5.74, 6) is 1.59. The lowest BCUT2D eigenvalue weighted by Gasteiger charge is -2.27. The number of nitrogens with one attached hydrogen (secondary N) is 2. The number of amides is 1. The van der Waals surface area contributed by atoms with Crippen LogP contribution in [0.5, 0.6) is 11.5 Å². The fourth-order valence-corrected chi connectivity index (χ4v) is 4.41. The predicted octanol–water partition coefficient (Wildman–Crippen LogP) is 2.68. The molecule has 30 heavy (non-hydrogen) atoms. The van der Waals surface area contributed by atoms with Crippen molar-refractivity contribution in [2.45, 2.75) is 25.9 Å². The molecule has 3 aromatic carbocycles. The largest absolute Gasteiger partial charge is 0.493 e. The Morgan fingerprint density at radius 2 is 1.73 bits per heavy atom. The van der Waals surface area contributed by atoms with E-state index in [1.54, 1.807) is 14.2 Å². The molecule has 3 aromatic rings. The lowest BCUT2D eigenvalue weighted by molar-refractivity contribution is -0.908. The smallest absolute Gasteiger partial charge is 0.275 e. The van der Waals surface area contributed by atoms with Gasteiger partial charge in [0, 0.05) is 12.0 Å². The van der Waals surface area contributed by atoms with E-state index in [0.29, 0.717) is 6.54 Å². The van der Waals surface area contributed by atoms with Crippen LogP contribution < -0.4 is 19.7 Å². The third kappa shape index (κ3) is 4.12. The van der Waals surface area contributed by atoms with Crippen molar-refractivity contribution in [2.24, 2.45) is 0 Å².